The summed E-state index contributed by atoms with van der Waals surface area (Å²) in [5.41, 5.74) is 2.45. The highest BCUT2D eigenvalue weighted by Crippen LogP contribution is 2.49. The Labute approximate surface area is 144 Å². The average Bonchev–Trinajstić information content (AvgIpc) is 3.17. The molecule has 1 aromatic carbocycles. The average molecular weight is 329 g/mol. The molecule has 4 heteroatoms. The van der Waals surface area contributed by atoms with Crippen molar-refractivity contribution in [1.29, 1.82) is 0 Å². The van der Waals surface area contributed by atoms with Gasteiger partial charge in [-0.3, -0.25) is 9.59 Å². The van der Waals surface area contributed by atoms with Crippen molar-refractivity contribution >= 4 is 11.9 Å². The van der Waals surface area contributed by atoms with E-state index < -0.39 is 0 Å². The highest BCUT2D eigenvalue weighted by molar-refractivity contribution is 5.80. The number of esters is 1. The molecule has 0 aromatic heterocycles. The van der Waals surface area contributed by atoms with E-state index in [1.165, 1.54) is 36.8 Å². The number of fused-ring (bicyclic) bond motifs is 2. The summed E-state index contributed by atoms with van der Waals surface area (Å²) in [6, 6.07) is 8.14. The van der Waals surface area contributed by atoms with Crippen molar-refractivity contribution in [3.8, 4) is 0 Å². The fourth-order valence-electron chi connectivity index (χ4n) is 4.32. The fraction of sp³-hybridized carbons (Fsp3) is 0.600. The van der Waals surface area contributed by atoms with E-state index in [0.717, 1.165) is 12.3 Å². The minimum absolute atomic E-state index is 0.159. The second kappa shape index (κ2) is 7.82. The van der Waals surface area contributed by atoms with Gasteiger partial charge in [-0.1, -0.05) is 30.7 Å². The van der Waals surface area contributed by atoms with Gasteiger partial charge in [-0.2, -0.15) is 0 Å². The number of nitrogens with one attached hydrogen (secondary N) is 1. The Morgan fingerprint density at radius 1 is 1.21 bits per heavy atom. The van der Waals surface area contributed by atoms with Crippen LogP contribution in [0.15, 0.2) is 24.3 Å². The van der Waals surface area contributed by atoms with E-state index in [2.05, 4.69) is 24.4 Å². The molecular formula is C20H27NO3. The number of amides is 1. The molecule has 130 valence electrons. The van der Waals surface area contributed by atoms with Crippen LogP contribution >= 0.6 is 0 Å². The molecule has 0 unspecified atom stereocenters. The minimum Gasteiger partial charge on any atom is -0.456 e. The number of carbonyl (C=O) groups excluding carboxylic acids is 2. The quantitative estimate of drug-likeness (QED) is 0.782. The summed E-state index contributed by atoms with van der Waals surface area (Å²) in [4.78, 5) is 23.7. The van der Waals surface area contributed by atoms with Crippen LogP contribution in [0.2, 0.25) is 0 Å². The topological polar surface area (TPSA) is 55.4 Å². The van der Waals surface area contributed by atoms with Crippen LogP contribution in [0.3, 0.4) is 0 Å². The zero-order valence-electron chi connectivity index (χ0n) is 14.4. The number of ether oxygens (including phenoxy) is 1. The van der Waals surface area contributed by atoms with Gasteiger partial charge in [0.15, 0.2) is 6.61 Å². The van der Waals surface area contributed by atoms with E-state index in [4.69, 9.17) is 4.74 Å². The molecule has 2 aliphatic rings. The first-order valence-electron chi connectivity index (χ1n) is 9.08. The maximum Gasteiger partial charge on any atom is 0.306 e. The third-order valence-electron chi connectivity index (χ3n) is 5.66. The fourth-order valence-corrected chi connectivity index (χ4v) is 4.32. The van der Waals surface area contributed by atoms with Crippen LogP contribution in [0, 0.1) is 24.7 Å². The summed E-state index contributed by atoms with van der Waals surface area (Å²) in [5.74, 6) is 1.59. The normalized spacial score (nSPS) is 24.8. The number of carbonyl (C=O) groups is 2. The van der Waals surface area contributed by atoms with Crippen LogP contribution < -0.4 is 5.32 Å². The molecule has 2 bridgehead atoms. The summed E-state index contributed by atoms with van der Waals surface area (Å²) in [5, 5.41) is 2.82. The number of aryl methyl sites for hydroxylation is 1. The second-order valence-corrected chi connectivity index (χ2v) is 7.33. The van der Waals surface area contributed by atoms with Crippen LogP contribution in [-0.2, 0) is 20.7 Å². The summed E-state index contributed by atoms with van der Waals surface area (Å²) < 4.78 is 5.15. The molecule has 1 amide bonds. The smallest absolute Gasteiger partial charge is 0.306 e. The molecule has 1 N–H and O–H groups in total. The van der Waals surface area contributed by atoms with Crippen LogP contribution in [0.5, 0.6) is 0 Å². The van der Waals surface area contributed by atoms with Crippen molar-refractivity contribution in [3.05, 3.63) is 35.4 Å². The second-order valence-electron chi connectivity index (χ2n) is 7.33. The Morgan fingerprint density at radius 2 is 2.04 bits per heavy atom. The van der Waals surface area contributed by atoms with Crippen LogP contribution in [-0.4, -0.2) is 25.0 Å². The maximum atomic E-state index is 11.9. The first-order chi connectivity index (χ1) is 11.6. The molecule has 2 aliphatic carbocycles. The van der Waals surface area contributed by atoms with Gasteiger partial charge in [0.05, 0.1) is 0 Å². The number of rotatable bonds is 7. The van der Waals surface area contributed by atoms with Crippen LogP contribution in [0.25, 0.3) is 0 Å². The lowest BCUT2D eigenvalue weighted by Crippen LogP contribution is -2.31. The van der Waals surface area contributed by atoms with Crippen molar-refractivity contribution < 1.29 is 14.3 Å². The zero-order valence-corrected chi connectivity index (χ0v) is 14.4. The predicted octanol–water partition coefficient (Wildman–Crippen LogP) is 3.02. The van der Waals surface area contributed by atoms with Gasteiger partial charge in [0.1, 0.15) is 0 Å². The van der Waals surface area contributed by atoms with Crippen LogP contribution in [0.1, 0.15) is 43.2 Å². The SMILES string of the molecule is Cc1ccccc1CCNC(=O)COC(=O)C[C@H]1C[C@@H]2CC[C@@H]1C2. The molecule has 0 heterocycles. The highest BCUT2D eigenvalue weighted by Gasteiger charge is 2.40. The lowest BCUT2D eigenvalue weighted by atomic mass is 9.86. The van der Waals surface area contributed by atoms with Gasteiger partial charge in [-0.05, 0) is 61.5 Å². The van der Waals surface area contributed by atoms with Crippen LogP contribution in [0.4, 0.5) is 0 Å². The third kappa shape index (κ3) is 4.37. The number of hydrogen-bond acceptors (Lipinski definition) is 3. The van der Waals surface area contributed by atoms with E-state index in [1.807, 2.05) is 12.1 Å². The Morgan fingerprint density at radius 3 is 2.75 bits per heavy atom. The maximum absolute atomic E-state index is 11.9. The Bertz CT molecular complexity index is 598. The molecule has 0 aliphatic heterocycles. The molecule has 0 saturated heterocycles. The Hall–Kier alpha value is -1.84. The monoisotopic (exact) mass is 329 g/mol. The van der Waals surface area contributed by atoms with Crippen molar-refractivity contribution in [2.24, 2.45) is 17.8 Å². The molecule has 1 aromatic rings. The lowest BCUT2D eigenvalue weighted by Gasteiger charge is -2.20. The van der Waals surface area contributed by atoms with Crippen molar-refractivity contribution in [3.63, 3.8) is 0 Å². The first kappa shape index (κ1) is 17.0. The van der Waals surface area contributed by atoms with E-state index in [0.29, 0.717) is 24.8 Å². The van der Waals surface area contributed by atoms with Gasteiger partial charge in [-0.15, -0.1) is 0 Å². The van der Waals surface area contributed by atoms with Crippen molar-refractivity contribution in [2.45, 2.75) is 45.4 Å². The van der Waals surface area contributed by atoms with Gasteiger partial charge in [-0.25, -0.2) is 0 Å². The molecule has 3 rings (SSSR count). The third-order valence-corrected chi connectivity index (χ3v) is 5.66. The van der Waals surface area contributed by atoms with Gasteiger partial charge in [0.2, 0.25) is 0 Å². The largest absolute Gasteiger partial charge is 0.456 e. The number of benzene rings is 1. The number of hydrogen-bond donors (Lipinski definition) is 1. The summed E-state index contributed by atoms with van der Waals surface area (Å²) in [7, 11) is 0. The Balaban J connectivity index is 1.31. The summed E-state index contributed by atoms with van der Waals surface area (Å²) >= 11 is 0. The molecule has 0 radical (unpaired) electrons. The highest BCUT2D eigenvalue weighted by atomic mass is 16.5. The Kier molecular flexibility index (Phi) is 5.54. The van der Waals surface area contributed by atoms with E-state index in [1.54, 1.807) is 0 Å². The zero-order chi connectivity index (χ0) is 16.9. The molecular weight excluding hydrogens is 302 g/mol. The lowest BCUT2D eigenvalue weighted by molar-refractivity contribution is -0.149. The van der Waals surface area contributed by atoms with Gasteiger partial charge in [0, 0.05) is 13.0 Å². The molecule has 0 spiro atoms. The van der Waals surface area contributed by atoms with E-state index in [9.17, 15) is 9.59 Å². The van der Waals surface area contributed by atoms with Crippen molar-refractivity contribution in [2.75, 3.05) is 13.2 Å². The molecule has 3 atom stereocenters. The molecule has 4 nitrogen and oxygen atoms in total. The molecule has 2 fully saturated rings. The van der Waals surface area contributed by atoms with Crippen molar-refractivity contribution in [1.82, 2.24) is 5.32 Å². The van der Waals surface area contributed by atoms with Gasteiger partial charge in [0.25, 0.3) is 5.91 Å². The molecule has 2 saturated carbocycles. The standard InChI is InChI=1S/C20H27NO3/c1-14-4-2-3-5-16(14)8-9-21-19(22)13-24-20(23)12-18-11-15-6-7-17(18)10-15/h2-5,15,17-18H,6-13H2,1H3,(H,21,22)/t15-,17-,18-/m1/s1. The first-order valence-corrected chi connectivity index (χ1v) is 9.08. The molecule has 24 heavy (non-hydrogen) atoms. The minimum atomic E-state index is -0.221. The van der Waals surface area contributed by atoms with Gasteiger partial charge < -0.3 is 10.1 Å². The van der Waals surface area contributed by atoms with E-state index >= 15 is 0 Å². The predicted molar refractivity (Wildman–Crippen MR) is 92.4 cm³/mol. The van der Waals surface area contributed by atoms with Gasteiger partial charge >= 0.3 is 5.97 Å². The summed E-state index contributed by atoms with van der Waals surface area (Å²) in [6.45, 7) is 2.47. The van der Waals surface area contributed by atoms with E-state index in [-0.39, 0.29) is 18.5 Å². The summed E-state index contributed by atoms with van der Waals surface area (Å²) in [6.07, 6.45) is 6.33.